The third-order valence-electron chi connectivity index (χ3n) is 2.85. The van der Waals surface area contributed by atoms with Crippen molar-refractivity contribution in [2.75, 3.05) is 5.88 Å². The molecule has 0 spiro atoms. The Hall–Kier alpha value is -0.820. The summed E-state index contributed by atoms with van der Waals surface area (Å²) in [6.45, 7) is 9.79. The van der Waals surface area contributed by atoms with Gasteiger partial charge >= 0.3 is 0 Å². The normalized spacial score (nSPS) is 11.6. The topological polar surface area (TPSA) is 17.1 Å². The summed E-state index contributed by atoms with van der Waals surface area (Å²) in [5.74, 6) is 0.482. The van der Waals surface area contributed by atoms with Gasteiger partial charge in [0.2, 0.25) is 0 Å². The molecule has 1 rings (SSSR count). The molecule has 0 saturated carbocycles. The first-order valence-corrected chi connectivity index (χ1v) is 6.01. The second-order valence-electron chi connectivity index (χ2n) is 5.12. The summed E-state index contributed by atoms with van der Waals surface area (Å²) in [7, 11) is 0. The van der Waals surface area contributed by atoms with E-state index in [1.54, 1.807) is 0 Å². The number of aryl methyl sites for hydroxylation is 3. The van der Waals surface area contributed by atoms with Crippen molar-refractivity contribution in [1.82, 2.24) is 0 Å². The summed E-state index contributed by atoms with van der Waals surface area (Å²) < 4.78 is 0. The molecule has 1 nitrogen and oxygen atoms in total. The zero-order chi connectivity index (χ0) is 12.5. The fraction of sp³-hybridized carbons (Fsp3) is 0.500. The van der Waals surface area contributed by atoms with Crippen LogP contribution in [0.15, 0.2) is 12.1 Å². The van der Waals surface area contributed by atoms with E-state index in [2.05, 4.69) is 0 Å². The minimum Gasteiger partial charge on any atom is -0.294 e. The van der Waals surface area contributed by atoms with E-state index in [0.29, 0.717) is 5.88 Å². The van der Waals surface area contributed by atoms with E-state index in [1.807, 2.05) is 46.8 Å². The molecule has 0 atom stereocenters. The maximum absolute atomic E-state index is 12.4. The molecule has 0 aliphatic heterocycles. The Balaban J connectivity index is 3.30. The number of carbonyl (C=O) groups is 1. The summed E-state index contributed by atoms with van der Waals surface area (Å²) in [5, 5.41) is 0. The molecule has 0 bridgehead atoms. The van der Waals surface area contributed by atoms with Gasteiger partial charge in [0.1, 0.15) is 0 Å². The van der Waals surface area contributed by atoms with E-state index < -0.39 is 5.41 Å². The zero-order valence-corrected chi connectivity index (χ0v) is 11.4. The lowest BCUT2D eigenvalue weighted by molar-refractivity contribution is 0.0860. The highest BCUT2D eigenvalue weighted by atomic mass is 35.5. The SMILES string of the molecule is Cc1cc(C)c(C(=O)C(C)(C)CCl)c(C)c1. The Labute approximate surface area is 103 Å². The van der Waals surface area contributed by atoms with Crippen molar-refractivity contribution in [1.29, 1.82) is 0 Å². The van der Waals surface area contributed by atoms with Gasteiger partial charge in [-0.2, -0.15) is 0 Å². The van der Waals surface area contributed by atoms with Gasteiger partial charge in [0.15, 0.2) is 5.78 Å². The summed E-state index contributed by atoms with van der Waals surface area (Å²) in [4.78, 5) is 12.4. The van der Waals surface area contributed by atoms with Crippen LogP contribution in [0.4, 0.5) is 0 Å². The maximum atomic E-state index is 12.4. The Kier molecular flexibility index (Phi) is 3.80. The molecular formula is C14H19ClO. The predicted molar refractivity (Wildman–Crippen MR) is 69.5 cm³/mol. The lowest BCUT2D eigenvalue weighted by Gasteiger charge is -2.22. The molecule has 0 radical (unpaired) electrons. The molecular weight excluding hydrogens is 220 g/mol. The van der Waals surface area contributed by atoms with Gasteiger partial charge in [0, 0.05) is 16.9 Å². The van der Waals surface area contributed by atoms with E-state index in [0.717, 1.165) is 16.7 Å². The summed E-state index contributed by atoms with van der Waals surface area (Å²) in [6.07, 6.45) is 0. The van der Waals surface area contributed by atoms with E-state index in [4.69, 9.17) is 11.6 Å². The van der Waals surface area contributed by atoms with Crippen molar-refractivity contribution >= 4 is 17.4 Å². The van der Waals surface area contributed by atoms with Gasteiger partial charge in [0.25, 0.3) is 0 Å². The number of hydrogen-bond donors (Lipinski definition) is 0. The standard InChI is InChI=1S/C14H19ClO/c1-9-6-10(2)12(11(3)7-9)13(16)14(4,5)8-15/h6-7H,8H2,1-5H3. The number of ketones is 1. The van der Waals surface area contributed by atoms with Crippen molar-refractivity contribution in [3.8, 4) is 0 Å². The van der Waals surface area contributed by atoms with Crippen LogP contribution < -0.4 is 0 Å². The average molecular weight is 239 g/mol. The third-order valence-corrected chi connectivity index (χ3v) is 3.52. The molecule has 0 N–H and O–H groups in total. The van der Waals surface area contributed by atoms with Gasteiger partial charge < -0.3 is 0 Å². The maximum Gasteiger partial charge on any atom is 0.170 e. The molecule has 0 amide bonds. The van der Waals surface area contributed by atoms with E-state index in [1.165, 1.54) is 5.56 Å². The number of rotatable bonds is 3. The molecule has 0 aliphatic carbocycles. The first-order chi connectivity index (χ1) is 7.29. The summed E-state index contributed by atoms with van der Waals surface area (Å²) >= 11 is 5.85. The Morgan fingerprint density at radius 1 is 1.19 bits per heavy atom. The second-order valence-corrected chi connectivity index (χ2v) is 5.39. The number of alkyl halides is 1. The molecule has 0 aliphatic rings. The molecule has 0 aromatic heterocycles. The first kappa shape index (κ1) is 13.2. The largest absolute Gasteiger partial charge is 0.294 e. The summed E-state index contributed by atoms with van der Waals surface area (Å²) in [6, 6.07) is 4.09. The number of hydrogen-bond acceptors (Lipinski definition) is 1. The van der Waals surface area contributed by atoms with Crippen LogP contribution in [-0.2, 0) is 0 Å². The molecule has 1 aromatic rings. The van der Waals surface area contributed by atoms with Gasteiger partial charge in [-0.15, -0.1) is 11.6 Å². The molecule has 0 fully saturated rings. The van der Waals surface area contributed by atoms with Crippen LogP contribution in [0.3, 0.4) is 0 Å². The number of carbonyl (C=O) groups excluding carboxylic acids is 1. The van der Waals surface area contributed by atoms with Crippen molar-refractivity contribution in [2.45, 2.75) is 34.6 Å². The minimum absolute atomic E-state index is 0.137. The molecule has 0 unspecified atom stereocenters. The monoisotopic (exact) mass is 238 g/mol. The van der Waals surface area contributed by atoms with Gasteiger partial charge in [0.05, 0.1) is 0 Å². The molecule has 0 heterocycles. The van der Waals surface area contributed by atoms with E-state index in [9.17, 15) is 4.79 Å². The van der Waals surface area contributed by atoms with E-state index >= 15 is 0 Å². The Morgan fingerprint density at radius 3 is 2.00 bits per heavy atom. The van der Waals surface area contributed by atoms with Crippen LogP contribution >= 0.6 is 11.6 Å². The van der Waals surface area contributed by atoms with Crippen LogP contribution in [0.2, 0.25) is 0 Å². The van der Waals surface area contributed by atoms with Crippen LogP contribution in [0, 0.1) is 26.2 Å². The molecule has 1 aromatic carbocycles. The lowest BCUT2D eigenvalue weighted by atomic mass is 9.82. The van der Waals surface area contributed by atoms with Crippen LogP contribution in [0.1, 0.15) is 40.9 Å². The third kappa shape index (κ3) is 2.46. The average Bonchev–Trinajstić information content (AvgIpc) is 2.15. The van der Waals surface area contributed by atoms with Gasteiger partial charge in [-0.3, -0.25) is 4.79 Å². The molecule has 2 heteroatoms. The minimum atomic E-state index is -0.494. The Morgan fingerprint density at radius 2 is 1.62 bits per heavy atom. The van der Waals surface area contributed by atoms with Crippen LogP contribution in [0.5, 0.6) is 0 Å². The van der Waals surface area contributed by atoms with Gasteiger partial charge in [-0.25, -0.2) is 0 Å². The predicted octanol–water partition coefficient (Wildman–Crippen LogP) is 4.06. The van der Waals surface area contributed by atoms with Crippen LogP contribution in [0.25, 0.3) is 0 Å². The number of halogens is 1. The molecule has 16 heavy (non-hydrogen) atoms. The summed E-state index contributed by atoms with van der Waals surface area (Å²) in [5.41, 5.74) is 3.61. The molecule has 88 valence electrons. The van der Waals surface area contributed by atoms with Crippen LogP contribution in [-0.4, -0.2) is 11.7 Å². The highest BCUT2D eigenvalue weighted by Gasteiger charge is 2.29. The second kappa shape index (κ2) is 4.58. The van der Waals surface area contributed by atoms with E-state index in [-0.39, 0.29) is 5.78 Å². The highest BCUT2D eigenvalue weighted by molar-refractivity contribution is 6.21. The molecule has 0 saturated heterocycles. The van der Waals surface area contributed by atoms with Crippen molar-refractivity contribution in [3.05, 3.63) is 34.4 Å². The highest BCUT2D eigenvalue weighted by Crippen LogP contribution is 2.27. The van der Waals surface area contributed by atoms with Crippen molar-refractivity contribution in [2.24, 2.45) is 5.41 Å². The van der Waals surface area contributed by atoms with Gasteiger partial charge in [-0.1, -0.05) is 31.5 Å². The van der Waals surface area contributed by atoms with Crippen molar-refractivity contribution < 1.29 is 4.79 Å². The Bertz CT molecular complexity index is 396. The number of Topliss-reactive ketones (excluding diaryl/α,β-unsaturated/α-hetero) is 1. The smallest absolute Gasteiger partial charge is 0.170 e. The number of benzene rings is 1. The quantitative estimate of drug-likeness (QED) is 0.573. The fourth-order valence-electron chi connectivity index (χ4n) is 1.94. The van der Waals surface area contributed by atoms with Gasteiger partial charge in [-0.05, 0) is 31.9 Å². The van der Waals surface area contributed by atoms with Crippen molar-refractivity contribution in [3.63, 3.8) is 0 Å². The first-order valence-electron chi connectivity index (χ1n) is 5.48. The fourth-order valence-corrected chi connectivity index (χ4v) is 2.06. The zero-order valence-electron chi connectivity index (χ0n) is 10.6. The lowest BCUT2D eigenvalue weighted by Crippen LogP contribution is -2.27.